The number of carbonyl (C=O) groups excluding carboxylic acids is 1. The van der Waals surface area contributed by atoms with Gasteiger partial charge in [0.25, 0.3) is 0 Å². The van der Waals surface area contributed by atoms with E-state index in [4.69, 9.17) is 4.74 Å². The lowest BCUT2D eigenvalue weighted by atomic mass is 9.90. The Morgan fingerprint density at radius 1 is 1.00 bits per heavy atom. The summed E-state index contributed by atoms with van der Waals surface area (Å²) in [5.41, 5.74) is 3.92. The maximum atomic E-state index is 11.7. The Morgan fingerprint density at radius 3 is 2.41 bits per heavy atom. The van der Waals surface area contributed by atoms with E-state index in [1.165, 1.54) is 16.7 Å². The molecule has 2 nitrogen and oxygen atoms in total. The molecule has 1 unspecified atom stereocenters. The van der Waals surface area contributed by atoms with Gasteiger partial charge >= 0.3 is 5.97 Å². The van der Waals surface area contributed by atoms with Crippen molar-refractivity contribution in [2.24, 2.45) is 0 Å². The molecular weight excluding hydrogens is 272 g/mol. The van der Waals surface area contributed by atoms with Crippen LogP contribution in [-0.2, 0) is 22.4 Å². The summed E-state index contributed by atoms with van der Waals surface area (Å²) in [6.45, 7) is 4.38. The van der Waals surface area contributed by atoms with Crippen LogP contribution in [0.4, 0.5) is 0 Å². The summed E-state index contributed by atoms with van der Waals surface area (Å²) in [6.07, 6.45) is 2.45. The Kier molecular flexibility index (Phi) is 6.20. The van der Waals surface area contributed by atoms with Crippen molar-refractivity contribution in [2.45, 2.75) is 39.0 Å². The third-order valence-electron chi connectivity index (χ3n) is 3.89. The normalized spacial score (nSPS) is 11.9. The molecule has 2 aromatic rings. The first-order valence-electron chi connectivity index (χ1n) is 7.98. The van der Waals surface area contributed by atoms with Crippen LogP contribution in [0.3, 0.4) is 0 Å². The van der Waals surface area contributed by atoms with E-state index in [9.17, 15) is 4.79 Å². The lowest BCUT2D eigenvalue weighted by Gasteiger charge is -2.16. The van der Waals surface area contributed by atoms with Gasteiger partial charge in [0.2, 0.25) is 0 Å². The largest absolute Gasteiger partial charge is 0.466 e. The summed E-state index contributed by atoms with van der Waals surface area (Å²) in [5, 5.41) is 0. The molecule has 116 valence electrons. The smallest absolute Gasteiger partial charge is 0.306 e. The first-order valence-corrected chi connectivity index (χ1v) is 7.98. The lowest BCUT2D eigenvalue weighted by molar-refractivity contribution is -0.143. The van der Waals surface area contributed by atoms with Gasteiger partial charge in [-0.2, -0.15) is 0 Å². The first kappa shape index (κ1) is 16.3. The molecule has 0 aromatic heterocycles. The van der Waals surface area contributed by atoms with E-state index < -0.39 is 0 Å². The molecular formula is C20H24O2. The Balaban J connectivity index is 2.04. The summed E-state index contributed by atoms with van der Waals surface area (Å²) in [4.78, 5) is 11.7. The lowest BCUT2D eigenvalue weighted by Crippen LogP contribution is -2.10. The standard InChI is InChI=1S/C20H24O2/c1-3-22-20(21)15-16(2)19-12-8-7-11-18(19)14-13-17-9-5-4-6-10-17/h4-12,16H,3,13-15H2,1-2H3. The molecule has 0 amide bonds. The van der Waals surface area contributed by atoms with Gasteiger partial charge in [0, 0.05) is 0 Å². The van der Waals surface area contributed by atoms with E-state index in [-0.39, 0.29) is 11.9 Å². The fourth-order valence-electron chi connectivity index (χ4n) is 2.75. The van der Waals surface area contributed by atoms with Crippen LogP contribution in [0.1, 0.15) is 42.9 Å². The van der Waals surface area contributed by atoms with Crippen LogP contribution in [0.5, 0.6) is 0 Å². The number of ether oxygens (including phenoxy) is 1. The number of benzene rings is 2. The molecule has 0 N–H and O–H groups in total. The highest BCUT2D eigenvalue weighted by molar-refractivity contribution is 5.70. The molecule has 0 fully saturated rings. The van der Waals surface area contributed by atoms with Crippen molar-refractivity contribution >= 4 is 5.97 Å². The van der Waals surface area contributed by atoms with E-state index in [0.717, 1.165) is 12.8 Å². The van der Waals surface area contributed by atoms with Gasteiger partial charge in [-0.1, -0.05) is 61.5 Å². The van der Waals surface area contributed by atoms with Crippen molar-refractivity contribution in [3.05, 3.63) is 71.3 Å². The SMILES string of the molecule is CCOC(=O)CC(C)c1ccccc1CCc1ccccc1. The molecule has 0 spiro atoms. The second-order valence-corrected chi connectivity index (χ2v) is 5.59. The summed E-state index contributed by atoms with van der Waals surface area (Å²) < 4.78 is 5.06. The molecule has 0 heterocycles. The summed E-state index contributed by atoms with van der Waals surface area (Å²) >= 11 is 0. The quantitative estimate of drug-likeness (QED) is 0.702. The minimum absolute atomic E-state index is 0.118. The van der Waals surface area contributed by atoms with E-state index >= 15 is 0 Å². The van der Waals surface area contributed by atoms with Crippen LogP contribution >= 0.6 is 0 Å². The monoisotopic (exact) mass is 296 g/mol. The maximum absolute atomic E-state index is 11.7. The minimum atomic E-state index is -0.118. The van der Waals surface area contributed by atoms with Crippen LogP contribution in [0.15, 0.2) is 54.6 Å². The molecule has 0 aliphatic rings. The van der Waals surface area contributed by atoms with Gasteiger partial charge in [0.1, 0.15) is 0 Å². The van der Waals surface area contributed by atoms with Crippen molar-refractivity contribution in [1.29, 1.82) is 0 Å². The second kappa shape index (κ2) is 8.38. The number of carbonyl (C=O) groups is 1. The molecule has 0 saturated carbocycles. The van der Waals surface area contributed by atoms with Crippen molar-refractivity contribution in [1.82, 2.24) is 0 Å². The molecule has 0 aliphatic carbocycles. The Labute approximate surface area is 133 Å². The first-order chi connectivity index (χ1) is 10.7. The molecule has 2 aromatic carbocycles. The minimum Gasteiger partial charge on any atom is -0.466 e. The Hall–Kier alpha value is -2.09. The van der Waals surface area contributed by atoms with Crippen molar-refractivity contribution in [3.63, 3.8) is 0 Å². The fraction of sp³-hybridized carbons (Fsp3) is 0.350. The molecule has 0 radical (unpaired) electrons. The topological polar surface area (TPSA) is 26.3 Å². The molecule has 22 heavy (non-hydrogen) atoms. The highest BCUT2D eigenvalue weighted by atomic mass is 16.5. The van der Waals surface area contributed by atoms with Crippen LogP contribution in [0.2, 0.25) is 0 Å². The average Bonchev–Trinajstić information content (AvgIpc) is 2.54. The van der Waals surface area contributed by atoms with E-state index in [1.54, 1.807) is 0 Å². The van der Waals surface area contributed by atoms with Crippen LogP contribution in [-0.4, -0.2) is 12.6 Å². The number of rotatable bonds is 7. The summed E-state index contributed by atoms with van der Waals surface area (Å²) in [6, 6.07) is 18.9. The molecule has 0 aliphatic heterocycles. The Bertz CT molecular complexity index is 590. The van der Waals surface area contributed by atoms with Gasteiger partial charge in [-0.25, -0.2) is 0 Å². The number of hydrogen-bond donors (Lipinski definition) is 0. The molecule has 2 heteroatoms. The highest BCUT2D eigenvalue weighted by Gasteiger charge is 2.15. The van der Waals surface area contributed by atoms with E-state index in [2.05, 4.69) is 49.4 Å². The third kappa shape index (κ3) is 4.73. The summed E-state index contributed by atoms with van der Waals surface area (Å²) in [7, 11) is 0. The zero-order valence-electron chi connectivity index (χ0n) is 13.4. The van der Waals surface area contributed by atoms with Gasteiger partial charge in [0.05, 0.1) is 13.0 Å². The van der Waals surface area contributed by atoms with Crippen LogP contribution in [0.25, 0.3) is 0 Å². The fourth-order valence-corrected chi connectivity index (χ4v) is 2.75. The second-order valence-electron chi connectivity index (χ2n) is 5.59. The molecule has 0 saturated heterocycles. The summed E-state index contributed by atoms with van der Waals surface area (Å²) in [5.74, 6) is 0.0684. The zero-order chi connectivity index (χ0) is 15.8. The van der Waals surface area contributed by atoms with Gasteiger partial charge in [-0.3, -0.25) is 4.79 Å². The molecule has 1 atom stereocenters. The number of hydrogen-bond acceptors (Lipinski definition) is 2. The molecule has 2 rings (SSSR count). The van der Waals surface area contributed by atoms with Crippen LogP contribution in [0, 0.1) is 0 Å². The highest BCUT2D eigenvalue weighted by Crippen LogP contribution is 2.24. The van der Waals surface area contributed by atoms with Crippen molar-refractivity contribution in [3.8, 4) is 0 Å². The predicted octanol–water partition coefficient (Wildman–Crippen LogP) is 4.53. The molecule has 0 bridgehead atoms. The van der Waals surface area contributed by atoms with E-state index in [0.29, 0.717) is 13.0 Å². The zero-order valence-corrected chi connectivity index (χ0v) is 13.4. The number of aryl methyl sites for hydroxylation is 2. The average molecular weight is 296 g/mol. The maximum Gasteiger partial charge on any atom is 0.306 e. The van der Waals surface area contributed by atoms with Crippen molar-refractivity contribution < 1.29 is 9.53 Å². The van der Waals surface area contributed by atoms with Gasteiger partial charge in [-0.05, 0) is 42.4 Å². The Morgan fingerprint density at radius 2 is 1.68 bits per heavy atom. The third-order valence-corrected chi connectivity index (χ3v) is 3.89. The predicted molar refractivity (Wildman–Crippen MR) is 90.0 cm³/mol. The van der Waals surface area contributed by atoms with Gasteiger partial charge in [-0.15, -0.1) is 0 Å². The number of esters is 1. The van der Waals surface area contributed by atoms with E-state index in [1.807, 2.05) is 19.1 Å². The van der Waals surface area contributed by atoms with Crippen LogP contribution < -0.4 is 0 Å². The van der Waals surface area contributed by atoms with Gasteiger partial charge < -0.3 is 4.74 Å². The van der Waals surface area contributed by atoms with Crippen molar-refractivity contribution in [2.75, 3.05) is 6.61 Å². The van der Waals surface area contributed by atoms with Gasteiger partial charge in [0.15, 0.2) is 0 Å².